The number of hydrogen-bond donors (Lipinski definition) is 0. The molecule has 26 heavy (non-hydrogen) atoms. The van der Waals surface area contributed by atoms with E-state index in [2.05, 4.69) is 0 Å². The van der Waals surface area contributed by atoms with E-state index >= 15 is 0 Å². The van der Waals surface area contributed by atoms with E-state index in [9.17, 15) is 27.4 Å². The molecule has 2 amide bonds. The molecule has 1 heterocycles. The molecular formula is C17H22NO7S-. The number of esters is 1. The first-order chi connectivity index (χ1) is 12.2. The van der Waals surface area contributed by atoms with Crippen LogP contribution in [0.25, 0.3) is 0 Å². The third kappa shape index (κ3) is 3.15. The highest BCUT2D eigenvalue weighted by Gasteiger charge is 2.51. The van der Waals surface area contributed by atoms with Gasteiger partial charge in [0.2, 0.25) is 11.8 Å². The lowest BCUT2D eigenvalue weighted by Crippen LogP contribution is -2.49. The van der Waals surface area contributed by atoms with Crippen molar-refractivity contribution in [3.05, 3.63) is 0 Å². The predicted octanol–water partition coefficient (Wildman–Crippen LogP) is 0.419. The fourth-order valence-corrected chi connectivity index (χ4v) is 6.64. The van der Waals surface area contributed by atoms with Crippen molar-refractivity contribution in [3.63, 3.8) is 0 Å². The number of carbonyl (C=O) groups excluding carboxylic acids is 3. The highest BCUT2D eigenvalue weighted by Crippen LogP contribution is 2.60. The first kappa shape index (κ1) is 17.9. The van der Waals surface area contributed by atoms with Gasteiger partial charge in [-0.1, -0.05) is 0 Å². The second-order valence-corrected chi connectivity index (χ2v) is 10.1. The summed E-state index contributed by atoms with van der Waals surface area (Å²) in [7, 11) is -4.91. The summed E-state index contributed by atoms with van der Waals surface area (Å²) in [6, 6.07) is 0. The summed E-state index contributed by atoms with van der Waals surface area (Å²) in [6.07, 6.45) is 6.30. The highest BCUT2D eigenvalue weighted by molar-refractivity contribution is 7.87. The summed E-state index contributed by atoms with van der Waals surface area (Å²) in [4.78, 5) is 36.4. The summed E-state index contributed by atoms with van der Waals surface area (Å²) >= 11 is 0. The average Bonchev–Trinajstić information content (AvgIpc) is 2.80. The molecule has 5 aliphatic rings. The molecule has 144 valence electrons. The minimum atomic E-state index is -4.91. The number of ether oxygens (including phenoxy) is 1. The molecule has 0 N–H and O–H groups in total. The first-order valence-corrected chi connectivity index (χ1v) is 10.6. The van der Waals surface area contributed by atoms with Gasteiger partial charge >= 0.3 is 5.97 Å². The van der Waals surface area contributed by atoms with Crippen LogP contribution in [0.1, 0.15) is 44.9 Å². The number of carbonyl (C=O) groups is 3. The van der Waals surface area contributed by atoms with Crippen molar-refractivity contribution in [2.24, 2.45) is 23.2 Å². The summed E-state index contributed by atoms with van der Waals surface area (Å²) in [6.45, 7) is -0.342. The second kappa shape index (κ2) is 6.02. The Balaban J connectivity index is 1.35. The molecule has 0 aromatic rings. The van der Waals surface area contributed by atoms with Crippen molar-refractivity contribution in [1.82, 2.24) is 4.90 Å². The van der Waals surface area contributed by atoms with Crippen LogP contribution in [0.3, 0.4) is 0 Å². The number of rotatable bonds is 5. The Morgan fingerprint density at radius 3 is 2.12 bits per heavy atom. The van der Waals surface area contributed by atoms with Crippen molar-refractivity contribution in [2.45, 2.75) is 50.2 Å². The predicted molar refractivity (Wildman–Crippen MR) is 86.4 cm³/mol. The lowest BCUT2D eigenvalue weighted by Gasteiger charge is -2.56. The van der Waals surface area contributed by atoms with Crippen LogP contribution in [0.4, 0.5) is 0 Å². The molecule has 0 radical (unpaired) electrons. The van der Waals surface area contributed by atoms with Crippen molar-refractivity contribution < 1.29 is 32.1 Å². The van der Waals surface area contributed by atoms with E-state index in [0.29, 0.717) is 22.7 Å². The van der Waals surface area contributed by atoms with Gasteiger partial charge in [-0.3, -0.25) is 19.3 Å². The third-order valence-electron chi connectivity index (χ3n) is 6.54. The quantitative estimate of drug-likeness (QED) is 0.382. The van der Waals surface area contributed by atoms with Crippen molar-refractivity contribution >= 4 is 27.9 Å². The van der Waals surface area contributed by atoms with E-state index in [1.165, 1.54) is 19.3 Å². The van der Waals surface area contributed by atoms with Crippen LogP contribution in [0, 0.1) is 23.2 Å². The smallest absolute Gasteiger partial charge is 0.326 e. The third-order valence-corrected chi connectivity index (χ3v) is 7.61. The van der Waals surface area contributed by atoms with Crippen LogP contribution in [-0.2, 0) is 29.2 Å². The van der Waals surface area contributed by atoms with E-state index in [-0.39, 0.29) is 12.0 Å². The van der Waals surface area contributed by atoms with Crippen LogP contribution < -0.4 is 0 Å². The number of likely N-dealkylation sites (tertiary alicyclic amines) is 1. The summed E-state index contributed by atoms with van der Waals surface area (Å²) in [5.41, 5.74) is 0.0182. The van der Waals surface area contributed by atoms with E-state index in [1.807, 2.05) is 0 Å². The Kier molecular flexibility index (Phi) is 4.15. The molecule has 4 aliphatic carbocycles. The molecule has 9 heteroatoms. The largest absolute Gasteiger partial charge is 0.747 e. The van der Waals surface area contributed by atoms with Gasteiger partial charge in [0.25, 0.3) is 0 Å². The van der Waals surface area contributed by atoms with E-state index in [4.69, 9.17) is 4.74 Å². The van der Waals surface area contributed by atoms with E-state index in [1.54, 1.807) is 0 Å². The molecule has 0 aromatic heterocycles. The summed E-state index contributed by atoms with van der Waals surface area (Å²) in [5, 5.41) is -1.93. The molecule has 0 aromatic carbocycles. The fraction of sp³-hybridized carbons (Fsp3) is 0.824. The van der Waals surface area contributed by atoms with Crippen LogP contribution in [0.2, 0.25) is 0 Å². The van der Waals surface area contributed by atoms with Gasteiger partial charge in [-0.05, 0) is 56.3 Å². The van der Waals surface area contributed by atoms with Gasteiger partial charge in [-0.25, -0.2) is 8.42 Å². The molecule has 5 fully saturated rings. The zero-order valence-corrected chi connectivity index (χ0v) is 15.2. The molecule has 8 nitrogen and oxygen atoms in total. The van der Waals surface area contributed by atoms with Crippen LogP contribution in [0.5, 0.6) is 0 Å². The SMILES string of the molecule is O=C(CN1C(=O)CC(S(=O)(=O)[O-])C1=O)OCC12CC3CC(CC(C3)C1)C2. The second-order valence-electron chi connectivity index (χ2n) is 8.58. The Hall–Kier alpha value is -1.48. The molecule has 5 rings (SSSR count). The zero-order chi connectivity index (χ0) is 18.7. The van der Waals surface area contributed by atoms with Crippen LogP contribution in [0.15, 0.2) is 0 Å². The standard InChI is InChI=1S/C17H23NO7S/c19-14-4-13(26(22,23)24)16(21)18(14)8-15(20)25-9-17-5-10-1-11(6-17)3-12(2-10)7-17/h10-13H,1-9H2,(H,22,23,24)/p-1. The van der Waals surface area contributed by atoms with Crippen LogP contribution in [-0.4, -0.2) is 54.1 Å². The van der Waals surface area contributed by atoms with Gasteiger partial charge in [0, 0.05) is 5.41 Å². The minimum absolute atomic E-state index is 0.0182. The summed E-state index contributed by atoms with van der Waals surface area (Å²) < 4.78 is 38.5. The maximum Gasteiger partial charge on any atom is 0.326 e. The fourth-order valence-electron chi connectivity index (χ4n) is 5.92. The maximum absolute atomic E-state index is 12.1. The van der Waals surface area contributed by atoms with Gasteiger partial charge in [0.05, 0.1) is 13.0 Å². The van der Waals surface area contributed by atoms with Crippen molar-refractivity contribution in [2.75, 3.05) is 13.2 Å². The van der Waals surface area contributed by atoms with Gasteiger partial charge in [-0.15, -0.1) is 0 Å². The first-order valence-electron chi connectivity index (χ1n) is 9.10. The minimum Gasteiger partial charge on any atom is -0.747 e. The molecule has 1 unspecified atom stereocenters. The Morgan fingerprint density at radius 2 is 1.65 bits per heavy atom. The average molecular weight is 384 g/mol. The number of hydrogen-bond acceptors (Lipinski definition) is 7. The van der Waals surface area contributed by atoms with Crippen LogP contribution >= 0.6 is 0 Å². The molecule has 1 aliphatic heterocycles. The van der Waals surface area contributed by atoms with E-state index < -0.39 is 46.1 Å². The lowest BCUT2D eigenvalue weighted by atomic mass is 9.50. The van der Waals surface area contributed by atoms with E-state index in [0.717, 1.165) is 19.3 Å². The molecule has 4 saturated carbocycles. The van der Waals surface area contributed by atoms with Gasteiger partial charge in [-0.2, -0.15) is 0 Å². The lowest BCUT2D eigenvalue weighted by molar-refractivity contribution is -0.160. The molecule has 0 spiro atoms. The van der Waals surface area contributed by atoms with Gasteiger partial charge in [0.1, 0.15) is 21.9 Å². The molecular weight excluding hydrogens is 362 g/mol. The Labute approximate surface area is 152 Å². The maximum atomic E-state index is 12.1. The normalized spacial score (nSPS) is 38.9. The number of nitrogens with zero attached hydrogens (tertiary/aromatic N) is 1. The van der Waals surface area contributed by atoms with Crippen molar-refractivity contribution in [3.8, 4) is 0 Å². The number of amides is 2. The van der Waals surface area contributed by atoms with Crippen molar-refractivity contribution in [1.29, 1.82) is 0 Å². The van der Waals surface area contributed by atoms with Gasteiger partial charge < -0.3 is 9.29 Å². The molecule has 1 saturated heterocycles. The zero-order valence-electron chi connectivity index (χ0n) is 14.4. The molecule has 4 bridgehead atoms. The summed E-state index contributed by atoms with van der Waals surface area (Å²) in [5.74, 6) is -0.548. The van der Waals surface area contributed by atoms with Gasteiger partial charge in [0.15, 0.2) is 0 Å². The Morgan fingerprint density at radius 1 is 1.12 bits per heavy atom. The highest BCUT2D eigenvalue weighted by atomic mass is 32.2. The monoisotopic (exact) mass is 384 g/mol. The molecule has 1 atom stereocenters. The number of imide groups is 1. The topological polar surface area (TPSA) is 121 Å². The Bertz CT molecular complexity index is 724.